The Labute approximate surface area is 172 Å². The molecule has 0 aliphatic carbocycles. The molecule has 0 aromatic heterocycles. The lowest BCUT2D eigenvalue weighted by Gasteiger charge is -2.12. The van der Waals surface area contributed by atoms with E-state index in [1.165, 1.54) is 0 Å². The van der Waals surface area contributed by atoms with E-state index >= 15 is 0 Å². The monoisotopic (exact) mass is 425 g/mol. The standard InChI is InChI=1S/C20H15Cl4NO/c21-15-4-6-17(7-5-15)25-11-13-1-8-20(19(24)9-13)26-12-14-2-3-16(22)10-18(14)23/h1-10,25H,11-12H2. The Morgan fingerprint density at radius 3 is 2.15 bits per heavy atom. The zero-order valence-electron chi connectivity index (χ0n) is 13.6. The third-order valence-corrected chi connectivity index (χ3v) is 4.87. The molecule has 0 amide bonds. The van der Waals surface area contributed by atoms with Gasteiger partial charge < -0.3 is 10.1 Å². The molecule has 0 heterocycles. The van der Waals surface area contributed by atoms with Crippen molar-refractivity contribution < 1.29 is 4.74 Å². The third kappa shape index (κ3) is 5.21. The van der Waals surface area contributed by atoms with Crippen molar-refractivity contribution in [3.63, 3.8) is 0 Å². The summed E-state index contributed by atoms with van der Waals surface area (Å²) in [6.07, 6.45) is 0. The van der Waals surface area contributed by atoms with Crippen molar-refractivity contribution in [1.29, 1.82) is 0 Å². The van der Waals surface area contributed by atoms with Gasteiger partial charge in [-0.25, -0.2) is 0 Å². The maximum Gasteiger partial charge on any atom is 0.138 e. The van der Waals surface area contributed by atoms with Gasteiger partial charge in [-0.3, -0.25) is 0 Å². The van der Waals surface area contributed by atoms with Crippen molar-refractivity contribution in [1.82, 2.24) is 0 Å². The molecule has 0 radical (unpaired) electrons. The third-order valence-electron chi connectivity index (χ3n) is 3.74. The lowest BCUT2D eigenvalue weighted by Crippen LogP contribution is -2.00. The molecule has 6 heteroatoms. The fourth-order valence-corrected chi connectivity index (χ4v) is 3.18. The van der Waals surface area contributed by atoms with Gasteiger partial charge in [-0.2, -0.15) is 0 Å². The summed E-state index contributed by atoms with van der Waals surface area (Å²) in [5.41, 5.74) is 2.88. The Morgan fingerprint density at radius 2 is 1.46 bits per heavy atom. The van der Waals surface area contributed by atoms with Crippen molar-refractivity contribution in [3.05, 3.63) is 91.9 Å². The minimum Gasteiger partial charge on any atom is -0.487 e. The average Bonchev–Trinajstić information content (AvgIpc) is 2.62. The van der Waals surface area contributed by atoms with E-state index in [9.17, 15) is 0 Å². The number of nitrogens with one attached hydrogen (secondary N) is 1. The van der Waals surface area contributed by atoms with E-state index in [0.29, 0.717) is 39.0 Å². The minimum atomic E-state index is 0.318. The largest absolute Gasteiger partial charge is 0.487 e. The van der Waals surface area contributed by atoms with Crippen LogP contribution in [0.5, 0.6) is 5.75 Å². The number of anilines is 1. The van der Waals surface area contributed by atoms with Gasteiger partial charge in [0.05, 0.1) is 5.02 Å². The number of rotatable bonds is 6. The van der Waals surface area contributed by atoms with Gasteiger partial charge in [-0.05, 0) is 54.1 Å². The summed E-state index contributed by atoms with van der Waals surface area (Å²) in [4.78, 5) is 0. The summed E-state index contributed by atoms with van der Waals surface area (Å²) < 4.78 is 5.78. The summed E-state index contributed by atoms with van der Waals surface area (Å²) in [7, 11) is 0. The highest BCUT2D eigenvalue weighted by atomic mass is 35.5. The normalized spacial score (nSPS) is 10.6. The van der Waals surface area contributed by atoms with Crippen LogP contribution in [0, 0.1) is 0 Å². The second-order valence-corrected chi connectivity index (χ2v) is 7.34. The van der Waals surface area contributed by atoms with Crippen molar-refractivity contribution >= 4 is 52.1 Å². The number of hydrogen-bond acceptors (Lipinski definition) is 2. The molecule has 0 atom stereocenters. The number of hydrogen-bond donors (Lipinski definition) is 1. The smallest absolute Gasteiger partial charge is 0.138 e. The molecule has 2 nitrogen and oxygen atoms in total. The summed E-state index contributed by atoms with van der Waals surface area (Å²) >= 11 is 24.3. The van der Waals surface area contributed by atoms with Crippen LogP contribution in [-0.4, -0.2) is 0 Å². The highest BCUT2D eigenvalue weighted by Crippen LogP contribution is 2.28. The zero-order valence-corrected chi connectivity index (χ0v) is 16.6. The van der Waals surface area contributed by atoms with E-state index < -0.39 is 0 Å². The van der Waals surface area contributed by atoms with Gasteiger partial charge in [0.25, 0.3) is 0 Å². The fraction of sp³-hybridized carbons (Fsp3) is 0.100. The molecule has 0 aliphatic rings. The first-order chi connectivity index (χ1) is 12.5. The molecule has 1 N–H and O–H groups in total. The second kappa shape index (κ2) is 8.88. The summed E-state index contributed by atoms with van der Waals surface area (Å²) in [5.74, 6) is 0.605. The van der Waals surface area contributed by atoms with Gasteiger partial charge in [0, 0.05) is 32.9 Å². The van der Waals surface area contributed by atoms with E-state index in [1.807, 2.05) is 48.5 Å². The molecule has 0 bridgehead atoms. The van der Waals surface area contributed by atoms with E-state index in [4.69, 9.17) is 51.1 Å². The van der Waals surface area contributed by atoms with E-state index in [0.717, 1.165) is 16.8 Å². The molecule has 0 saturated heterocycles. The predicted molar refractivity (Wildman–Crippen MR) is 111 cm³/mol. The zero-order chi connectivity index (χ0) is 18.5. The van der Waals surface area contributed by atoms with Crippen LogP contribution in [0.4, 0.5) is 5.69 Å². The quantitative estimate of drug-likeness (QED) is 0.440. The first kappa shape index (κ1) is 19.2. The molecule has 0 unspecified atom stereocenters. The highest BCUT2D eigenvalue weighted by molar-refractivity contribution is 6.35. The predicted octanol–water partition coefficient (Wildman–Crippen LogP) is 7.49. The van der Waals surface area contributed by atoms with E-state index in [-0.39, 0.29) is 0 Å². The van der Waals surface area contributed by atoms with Crippen LogP contribution >= 0.6 is 46.4 Å². The van der Waals surface area contributed by atoms with Crippen LogP contribution in [0.1, 0.15) is 11.1 Å². The van der Waals surface area contributed by atoms with Gasteiger partial charge in [0.2, 0.25) is 0 Å². The molecule has 0 aliphatic heterocycles. The molecular formula is C20H15Cl4NO. The summed E-state index contributed by atoms with van der Waals surface area (Å²) in [6.45, 7) is 0.961. The minimum absolute atomic E-state index is 0.318. The van der Waals surface area contributed by atoms with Gasteiger partial charge in [0.1, 0.15) is 12.4 Å². The maximum atomic E-state index is 6.34. The molecule has 0 fully saturated rings. The van der Waals surface area contributed by atoms with E-state index in [1.54, 1.807) is 12.1 Å². The molecular weight excluding hydrogens is 412 g/mol. The van der Waals surface area contributed by atoms with Crippen molar-refractivity contribution in [2.24, 2.45) is 0 Å². The summed E-state index contributed by atoms with van der Waals surface area (Å²) in [5, 5.41) is 5.73. The fourth-order valence-electron chi connectivity index (χ4n) is 2.34. The molecule has 3 aromatic rings. The first-order valence-corrected chi connectivity index (χ1v) is 9.37. The molecule has 0 saturated carbocycles. The van der Waals surface area contributed by atoms with Crippen molar-refractivity contribution in [2.45, 2.75) is 13.2 Å². The van der Waals surface area contributed by atoms with Gasteiger partial charge in [0.15, 0.2) is 0 Å². The molecule has 26 heavy (non-hydrogen) atoms. The Balaban J connectivity index is 1.60. The van der Waals surface area contributed by atoms with Crippen LogP contribution in [-0.2, 0) is 13.2 Å². The Hall–Kier alpha value is -1.58. The SMILES string of the molecule is Clc1ccc(NCc2ccc(OCc3ccc(Cl)cc3Cl)c(Cl)c2)cc1. The molecule has 3 aromatic carbocycles. The number of halogens is 4. The van der Waals surface area contributed by atoms with Gasteiger partial charge >= 0.3 is 0 Å². The van der Waals surface area contributed by atoms with Crippen LogP contribution in [0.3, 0.4) is 0 Å². The topological polar surface area (TPSA) is 21.3 Å². The van der Waals surface area contributed by atoms with Crippen molar-refractivity contribution in [3.8, 4) is 5.75 Å². The lowest BCUT2D eigenvalue weighted by molar-refractivity contribution is 0.306. The van der Waals surface area contributed by atoms with Crippen LogP contribution < -0.4 is 10.1 Å². The van der Waals surface area contributed by atoms with Crippen LogP contribution in [0.2, 0.25) is 20.1 Å². The van der Waals surface area contributed by atoms with Crippen LogP contribution in [0.15, 0.2) is 60.7 Å². The van der Waals surface area contributed by atoms with Gasteiger partial charge in [-0.1, -0.05) is 58.5 Å². The maximum absolute atomic E-state index is 6.34. The lowest BCUT2D eigenvalue weighted by atomic mass is 10.2. The second-order valence-electron chi connectivity index (χ2n) is 5.65. The molecule has 0 spiro atoms. The Kier molecular flexibility index (Phi) is 6.55. The van der Waals surface area contributed by atoms with E-state index in [2.05, 4.69) is 5.32 Å². The number of benzene rings is 3. The average molecular weight is 427 g/mol. The van der Waals surface area contributed by atoms with Gasteiger partial charge in [-0.15, -0.1) is 0 Å². The van der Waals surface area contributed by atoms with Crippen molar-refractivity contribution in [2.75, 3.05) is 5.32 Å². The first-order valence-electron chi connectivity index (χ1n) is 7.86. The van der Waals surface area contributed by atoms with Crippen LogP contribution in [0.25, 0.3) is 0 Å². The number of ether oxygens (including phenoxy) is 1. The molecule has 134 valence electrons. The molecule has 3 rings (SSSR count). The Morgan fingerprint density at radius 1 is 0.731 bits per heavy atom. The summed E-state index contributed by atoms with van der Waals surface area (Å²) in [6, 6.07) is 18.5. The highest BCUT2D eigenvalue weighted by Gasteiger charge is 2.07. The Bertz CT molecular complexity index is 897.